The van der Waals surface area contributed by atoms with Crippen molar-refractivity contribution in [2.45, 2.75) is 19.3 Å². The molecule has 0 radical (unpaired) electrons. The summed E-state index contributed by atoms with van der Waals surface area (Å²) in [6.45, 7) is 2.02. The summed E-state index contributed by atoms with van der Waals surface area (Å²) < 4.78 is 0. The van der Waals surface area contributed by atoms with Crippen LogP contribution in [0.2, 0.25) is 5.02 Å². The number of hydrogen-bond donors (Lipinski definition) is 0. The summed E-state index contributed by atoms with van der Waals surface area (Å²) in [6, 6.07) is 12.2. The van der Waals surface area contributed by atoms with E-state index in [1.807, 2.05) is 31.2 Å². The van der Waals surface area contributed by atoms with Gasteiger partial charge in [-0.1, -0.05) is 29.8 Å². The third-order valence-electron chi connectivity index (χ3n) is 3.18. The van der Waals surface area contributed by atoms with Gasteiger partial charge >= 0.3 is 0 Å². The fourth-order valence-electron chi connectivity index (χ4n) is 2.29. The molecule has 0 N–H and O–H groups in total. The van der Waals surface area contributed by atoms with Crippen LogP contribution in [-0.4, -0.2) is 11.4 Å². The molecule has 0 bridgehead atoms. The third-order valence-corrected chi connectivity index (χ3v) is 4.31. The first-order chi connectivity index (χ1) is 9.24. The van der Waals surface area contributed by atoms with Crippen LogP contribution in [0.5, 0.6) is 0 Å². The molecule has 2 heterocycles. The van der Waals surface area contributed by atoms with Crippen molar-refractivity contribution in [2.75, 3.05) is 0 Å². The molecule has 1 aliphatic heterocycles. The molecule has 2 nitrogen and oxygen atoms in total. The zero-order valence-electron chi connectivity index (χ0n) is 10.5. The van der Waals surface area contributed by atoms with Crippen LogP contribution in [0.25, 0.3) is 0 Å². The fraction of sp³-hybridized carbons (Fsp3) is 0.200. The molecule has 1 aromatic heterocycles. The van der Waals surface area contributed by atoms with Crippen molar-refractivity contribution >= 4 is 34.4 Å². The Kier molecular flexibility index (Phi) is 3.49. The summed E-state index contributed by atoms with van der Waals surface area (Å²) in [5, 5.41) is 11.5. The van der Waals surface area contributed by atoms with Crippen LogP contribution < -0.4 is 0 Å². The average Bonchev–Trinajstić information content (AvgIpc) is 2.92. The highest BCUT2D eigenvalue weighted by molar-refractivity contribution is 7.12. The van der Waals surface area contributed by atoms with Gasteiger partial charge in [-0.05, 0) is 42.5 Å². The predicted octanol–water partition coefficient (Wildman–Crippen LogP) is 4.75. The molecular formula is C15H13ClN2S. The number of halogens is 1. The van der Waals surface area contributed by atoms with Gasteiger partial charge in [0, 0.05) is 16.7 Å². The largest absolute Gasteiger partial charge is 0.160 e. The summed E-state index contributed by atoms with van der Waals surface area (Å²) in [4.78, 5) is 1.18. The lowest BCUT2D eigenvalue weighted by Gasteiger charge is -2.21. The minimum absolute atomic E-state index is 0.245. The smallest absolute Gasteiger partial charge is 0.0880 e. The molecule has 0 fully saturated rings. The van der Waals surface area contributed by atoms with Gasteiger partial charge in [-0.3, -0.25) is 0 Å². The molecule has 1 unspecified atom stereocenters. The van der Waals surface area contributed by atoms with E-state index in [2.05, 4.69) is 27.7 Å². The van der Waals surface area contributed by atoms with Crippen molar-refractivity contribution in [3.63, 3.8) is 0 Å². The Morgan fingerprint density at radius 2 is 2.11 bits per heavy atom. The van der Waals surface area contributed by atoms with Crippen molar-refractivity contribution in [1.29, 1.82) is 0 Å². The summed E-state index contributed by atoms with van der Waals surface area (Å²) >= 11 is 7.81. The summed E-state index contributed by atoms with van der Waals surface area (Å²) in [5.74, 6) is 0.245. The maximum Gasteiger partial charge on any atom is 0.0880 e. The molecule has 2 aromatic rings. The topological polar surface area (TPSA) is 24.7 Å². The fourth-order valence-corrected chi connectivity index (χ4v) is 3.25. The zero-order valence-corrected chi connectivity index (χ0v) is 12.1. The van der Waals surface area contributed by atoms with Gasteiger partial charge in [0.05, 0.1) is 10.6 Å². The Morgan fingerprint density at radius 1 is 1.21 bits per heavy atom. The van der Waals surface area contributed by atoms with Gasteiger partial charge < -0.3 is 0 Å². The average molecular weight is 289 g/mol. The van der Waals surface area contributed by atoms with Crippen LogP contribution in [0.15, 0.2) is 52.0 Å². The van der Waals surface area contributed by atoms with Crippen molar-refractivity contribution in [3.05, 3.63) is 57.2 Å². The van der Waals surface area contributed by atoms with Crippen LogP contribution in [-0.2, 0) is 0 Å². The van der Waals surface area contributed by atoms with E-state index in [1.54, 1.807) is 11.3 Å². The van der Waals surface area contributed by atoms with Gasteiger partial charge in [0.1, 0.15) is 0 Å². The second-order valence-corrected chi connectivity index (χ2v) is 5.99. The monoisotopic (exact) mass is 288 g/mol. The van der Waals surface area contributed by atoms with E-state index in [-0.39, 0.29) is 5.92 Å². The predicted molar refractivity (Wildman–Crippen MR) is 82.8 cm³/mol. The minimum atomic E-state index is 0.245. The van der Waals surface area contributed by atoms with Gasteiger partial charge in [0.25, 0.3) is 0 Å². The van der Waals surface area contributed by atoms with Crippen molar-refractivity contribution in [1.82, 2.24) is 0 Å². The lowest BCUT2D eigenvalue weighted by molar-refractivity contribution is 0.893. The Balaban J connectivity index is 2.04. The molecule has 1 aromatic carbocycles. The second-order valence-electron chi connectivity index (χ2n) is 4.61. The summed E-state index contributed by atoms with van der Waals surface area (Å²) in [7, 11) is 0. The van der Waals surface area contributed by atoms with E-state index < -0.39 is 0 Å². The first-order valence-electron chi connectivity index (χ1n) is 6.14. The number of rotatable bonds is 2. The van der Waals surface area contributed by atoms with Crippen molar-refractivity contribution in [2.24, 2.45) is 10.2 Å². The normalized spacial score (nSPS) is 18.9. The molecule has 96 valence electrons. The zero-order chi connectivity index (χ0) is 13.2. The number of benzene rings is 1. The quantitative estimate of drug-likeness (QED) is 0.761. The van der Waals surface area contributed by atoms with Gasteiger partial charge in [-0.25, -0.2) is 0 Å². The highest BCUT2D eigenvalue weighted by atomic mass is 35.5. The molecule has 0 amide bonds. The molecule has 1 aliphatic rings. The Hall–Kier alpha value is -1.45. The lowest BCUT2D eigenvalue weighted by Crippen LogP contribution is -2.19. The van der Waals surface area contributed by atoms with E-state index in [9.17, 15) is 0 Å². The molecule has 4 heteroatoms. The van der Waals surface area contributed by atoms with Crippen LogP contribution in [0, 0.1) is 0 Å². The molecule has 3 rings (SSSR count). The van der Waals surface area contributed by atoms with E-state index in [0.29, 0.717) is 0 Å². The molecule has 0 aliphatic carbocycles. The Bertz CT molecular complexity index is 644. The highest BCUT2D eigenvalue weighted by Crippen LogP contribution is 2.31. The molecule has 19 heavy (non-hydrogen) atoms. The Morgan fingerprint density at radius 3 is 2.84 bits per heavy atom. The maximum absolute atomic E-state index is 6.11. The van der Waals surface area contributed by atoms with Gasteiger partial charge in [-0.15, -0.1) is 11.3 Å². The standard InChI is InChI=1S/C15H13ClN2S/c1-10-8-13(11-4-2-5-12(16)9-11)15(18-17-10)14-6-3-7-19-14/h2-7,9,13H,8H2,1H3. The molecule has 0 spiro atoms. The molecule has 0 saturated heterocycles. The first kappa shape index (κ1) is 12.6. The molecule has 1 atom stereocenters. The number of hydrogen-bond acceptors (Lipinski definition) is 3. The van der Waals surface area contributed by atoms with E-state index in [0.717, 1.165) is 22.9 Å². The van der Waals surface area contributed by atoms with Crippen LogP contribution in [0.1, 0.15) is 29.7 Å². The molecule has 0 saturated carbocycles. The van der Waals surface area contributed by atoms with Gasteiger partial charge in [0.2, 0.25) is 0 Å². The van der Waals surface area contributed by atoms with E-state index >= 15 is 0 Å². The Labute approximate surface area is 121 Å². The van der Waals surface area contributed by atoms with Gasteiger partial charge in [-0.2, -0.15) is 10.2 Å². The van der Waals surface area contributed by atoms with Crippen LogP contribution in [0.4, 0.5) is 0 Å². The lowest BCUT2D eigenvalue weighted by atomic mass is 9.88. The highest BCUT2D eigenvalue weighted by Gasteiger charge is 2.24. The third kappa shape index (κ3) is 2.62. The maximum atomic E-state index is 6.11. The molecular weight excluding hydrogens is 276 g/mol. The van der Waals surface area contributed by atoms with Crippen molar-refractivity contribution < 1.29 is 0 Å². The number of thiophene rings is 1. The van der Waals surface area contributed by atoms with Crippen LogP contribution >= 0.6 is 22.9 Å². The van der Waals surface area contributed by atoms with Crippen molar-refractivity contribution in [3.8, 4) is 0 Å². The minimum Gasteiger partial charge on any atom is -0.160 e. The van der Waals surface area contributed by atoms with Crippen LogP contribution in [0.3, 0.4) is 0 Å². The number of nitrogens with zero attached hydrogens (tertiary/aromatic N) is 2. The second kappa shape index (κ2) is 5.27. The SMILES string of the molecule is CC1=NN=C(c2cccs2)C(c2cccc(Cl)c2)C1. The summed E-state index contributed by atoms with van der Waals surface area (Å²) in [5.41, 5.74) is 3.31. The van der Waals surface area contributed by atoms with E-state index in [1.165, 1.54) is 10.4 Å². The first-order valence-corrected chi connectivity index (χ1v) is 7.40. The summed E-state index contributed by atoms with van der Waals surface area (Å²) in [6.07, 6.45) is 0.900. The van der Waals surface area contributed by atoms with Gasteiger partial charge in [0.15, 0.2) is 0 Å². The van der Waals surface area contributed by atoms with E-state index in [4.69, 9.17) is 11.6 Å².